The summed E-state index contributed by atoms with van der Waals surface area (Å²) in [7, 11) is -4.02. The van der Waals surface area contributed by atoms with Crippen LogP contribution >= 0.6 is 0 Å². The number of hydrogen-bond donors (Lipinski definition) is 3. The SMILES string of the molecule is Cc1cc(C(=O)NC2CCCCCC=CC3CC3(C(=O)NS(=O)(=O)C3CC3)NC(=O)C3CC(Oc4nc5c(F)cccc5nc4C(F)(F)F)CN3C2=O)no1. The second kappa shape index (κ2) is 14.5. The summed E-state index contributed by atoms with van der Waals surface area (Å²) < 4.78 is 95.8. The number of amides is 4. The molecule has 0 radical (unpaired) electrons. The molecule has 20 heteroatoms. The van der Waals surface area contributed by atoms with Crippen molar-refractivity contribution in [1.29, 1.82) is 0 Å². The van der Waals surface area contributed by atoms with Gasteiger partial charge in [-0.3, -0.25) is 23.9 Å². The minimum absolute atomic E-state index is 0.0465. The Hall–Kier alpha value is -5.14. The van der Waals surface area contributed by atoms with Gasteiger partial charge in [0.2, 0.25) is 33.4 Å². The number of nitrogens with zero attached hydrogens (tertiary/aromatic N) is 4. The molecule has 5 atom stereocenters. The molecule has 1 aromatic carbocycles. The average molecular weight is 792 g/mol. The van der Waals surface area contributed by atoms with E-state index in [0.717, 1.165) is 17.0 Å². The lowest BCUT2D eigenvalue weighted by Gasteiger charge is -2.29. The number of para-hydroxylation sites is 1. The zero-order chi connectivity index (χ0) is 39.3. The molecule has 0 bridgehead atoms. The van der Waals surface area contributed by atoms with Gasteiger partial charge in [0.25, 0.3) is 11.8 Å². The smallest absolute Gasteiger partial charge is 0.438 e. The molecule has 2 saturated carbocycles. The summed E-state index contributed by atoms with van der Waals surface area (Å²) in [6, 6.07) is 1.95. The summed E-state index contributed by atoms with van der Waals surface area (Å²) in [6.07, 6.45) is -0.0652. The quantitative estimate of drug-likeness (QED) is 0.234. The van der Waals surface area contributed by atoms with Gasteiger partial charge in [0.15, 0.2) is 11.5 Å². The number of sulfonamides is 1. The van der Waals surface area contributed by atoms with Crippen LogP contribution in [0.1, 0.15) is 79.7 Å². The van der Waals surface area contributed by atoms with Gasteiger partial charge in [-0.1, -0.05) is 36.2 Å². The standard InChI is InChI=1S/C35H37F4N7O8S/c1-18-14-25(44-54-18)29(47)41-24-10-6-4-2-3-5-8-19-16-34(19,33(50)45-55(51,52)21-12-13-21)43-30(48)26-15-20(17-46(26)32(24)49)53-31-28(35(37,38)39)40-23-11-7-9-22(36)27(23)42-31/h5,7-9,11,14,19-21,24,26H,2-4,6,10,12-13,15-17H2,1H3,(H,41,47)(H,43,48)(H,45,50). The molecule has 7 rings (SSSR count). The summed E-state index contributed by atoms with van der Waals surface area (Å²) in [5, 5.41) is 8.26. The van der Waals surface area contributed by atoms with Gasteiger partial charge < -0.3 is 24.8 Å². The molecule has 1 saturated heterocycles. The monoisotopic (exact) mass is 791 g/mol. The second-order valence-corrected chi connectivity index (χ2v) is 16.3. The van der Waals surface area contributed by atoms with E-state index in [1.54, 1.807) is 13.0 Å². The van der Waals surface area contributed by atoms with E-state index in [2.05, 4.69) is 30.5 Å². The molecule has 0 spiro atoms. The number of aromatic nitrogens is 3. The first-order chi connectivity index (χ1) is 26.1. The van der Waals surface area contributed by atoms with Crippen LogP contribution in [0.15, 0.2) is 40.9 Å². The molecular weight excluding hydrogens is 754 g/mol. The number of allylic oxidation sites excluding steroid dienone is 1. The van der Waals surface area contributed by atoms with Gasteiger partial charge in [0.1, 0.15) is 35.0 Å². The Kier molecular flexibility index (Phi) is 10.1. The number of nitrogens with one attached hydrogen (secondary N) is 3. The van der Waals surface area contributed by atoms with E-state index >= 15 is 0 Å². The van der Waals surface area contributed by atoms with Crippen LogP contribution in [0.5, 0.6) is 5.88 Å². The molecular formula is C35H37F4N7O8S. The summed E-state index contributed by atoms with van der Waals surface area (Å²) in [5.41, 5.74) is -4.25. The van der Waals surface area contributed by atoms with Crippen LogP contribution in [0.4, 0.5) is 17.6 Å². The van der Waals surface area contributed by atoms with Crippen LogP contribution < -0.4 is 20.1 Å². The van der Waals surface area contributed by atoms with Gasteiger partial charge in [0, 0.05) is 18.4 Å². The second-order valence-electron chi connectivity index (χ2n) is 14.3. The minimum Gasteiger partial charge on any atom is -0.471 e. The van der Waals surface area contributed by atoms with Crippen LogP contribution in [0, 0.1) is 18.7 Å². The fraction of sp³-hybridized carbons (Fsp3) is 0.514. The number of halogens is 4. The van der Waals surface area contributed by atoms with E-state index in [4.69, 9.17) is 9.26 Å². The molecule has 55 heavy (non-hydrogen) atoms. The summed E-state index contributed by atoms with van der Waals surface area (Å²) >= 11 is 0. The van der Waals surface area contributed by atoms with Gasteiger partial charge in [-0.2, -0.15) is 13.2 Å². The van der Waals surface area contributed by atoms with Crippen molar-refractivity contribution in [3.05, 3.63) is 59.4 Å². The van der Waals surface area contributed by atoms with Gasteiger partial charge in [0.05, 0.1) is 17.3 Å². The molecule has 294 valence electrons. The van der Waals surface area contributed by atoms with Crippen LogP contribution in [-0.4, -0.2) is 87.6 Å². The van der Waals surface area contributed by atoms with E-state index in [1.807, 2.05) is 6.08 Å². The Morgan fingerprint density at radius 1 is 1.11 bits per heavy atom. The number of ether oxygens (including phenoxy) is 1. The normalized spacial score (nSPS) is 26.3. The number of fused-ring (bicyclic) bond motifs is 3. The molecule has 3 N–H and O–H groups in total. The van der Waals surface area contributed by atoms with Crippen LogP contribution in [0.25, 0.3) is 11.0 Å². The van der Waals surface area contributed by atoms with Gasteiger partial charge in [-0.15, -0.1) is 0 Å². The number of aryl methyl sites for hydroxylation is 1. The third-order valence-corrected chi connectivity index (χ3v) is 12.0. The highest BCUT2D eigenvalue weighted by atomic mass is 32.2. The van der Waals surface area contributed by atoms with Crippen molar-refractivity contribution in [3.8, 4) is 5.88 Å². The fourth-order valence-electron chi connectivity index (χ4n) is 7.01. The fourth-order valence-corrected chi connectivity index (χ4v) is 8.37. The Labute approximate surface area is 311 Å². The van der Waals surface area contributed by atoms with E-state index in [-0.39, 0.29) is 24.1 Å². The highest BCUT2D eigenvalue weighted by Crippen LogP contribution is 2.46. The van der Waals surface area contributed by atoms with Gasteiger partial charge in [-0.25, -0.2) is 22.8 Å². The lowest BCUT2D eigenvalue weighted by molar-refractivity contribution is -0.143. The van der Waals surface area contributed by atoms with Gasteiger partial charge >= 0.3 is 6.18 Å². The number of benzene rings is 1. The first-order valence-electron chi connectivity index (χ1n) is 17.9. The predicted molar refractivity (Wildman–Crippen MR) is 183 cm³/mol. The van der Waals surface area contributed by atoms with Crippen molar-refractivity contribution < 1.29 is 54.4 Å². The molecule has 2 aliphatic carbocycles. The lowest BCUT2D eigenvalue weighted by Crippen LogP contribution is -2.58. The number of carbonyl (C=O) groups excluding carboxylic acids is 4. The predicted octanol–water partition coefficient (Wildman–Crippen LogP) is 3.23. The van der Waals surface area contributed by atoms with E-state index < -0.39 is 111 Å². The lowest BCUT2D eigenvalue weighted by atomic mass is 10.0. The molecule has 2 aromatic heterocycles. The molecule has 2 aliphatic heterocycles. The van der Waals surface area contributed by atoms with Crippen molar-refractivity contribution in [1.82, 2.24) is 35.4 Å². The molecule has 3 aromatic rings. The Morgan fingerprint density at radius 2 is 1.89 bits per heavy atom. The maximum atomic E-state index is 14.7. The van der Waals surface area contributed by atoms with E-state index in [1.165, 1.54) is 12.1 Å². The third-order valence-electron chi connectivity index (χ3n) is 10.2. The zero-order valence-electron chi connectivity index (χ0n) is 29.4. The first kappa shape index (κ1) is 38.1. The number of carbonyl (C=O) groups is 4. The third kappa shape index (κ3) is 7.99. The van der Waals surface area contributed by atoms with Crippen LogP contribution in [0.3, 0.4) is 0 Å². The summed E-state index contributed by atoms with van der Waals surface area (Å²) in [6.45, 7) is 1.08. The molecule has 5 unspecified atom stereocenters. The zero-order valence-corrected chi connectivity index (χ0v) is 30.2. The Balaban J connectivity index is 1.23. The minimum atomic E-state index is -5.09. The van der Waals surface area contributed by atoms with E-state index in [0.29, 0.717) is 44.3 Å². The topological polar surface area (TPSA) is 203 Å². The van der Waals surface area contributed by atoms with Crippen molar-refractivity contribution >= 4 is 44.7 Å². The largest absolute Gasteiger partial charge is 0.471 e. The summed E-state index contributed by atoms with van der Waals surface area (Å²) in [5.74, 6) is -5.69. The summed E-state index contributed by atoms with van der Waals surface area (Å²) in [4.78, 5) is 63.9. The highest BCUT2D eigenvalue weighted by Gasteiger charge is 2.62. The Bertz CT molecular complexity index is 2180. The molecule has 4 amide bonds. The number of hydrogen-bond acceptors (Lipinski definition) is 11. The van der Waals surface area contributed by atoms with Gasteiger partial charge in [-0.05, 0) is 57.6 Å². The van der Waals surface area contributed by atoms with Crippen molar-refractivity contribution in [3.63, 3.8) is 0 Å². The number of alkyl halides is 3. The Morgan fingerprint density at radius 3 is 2.60 bits per heavy atom. The molecule has 4 aliphatic rings. The molecule has 15 nitrogen and oxygen atoms in total. The number of rotatable bonds is 7. The van der Waals surface area contributed by atoms with Crippen molar-refractivity contribution in [2.24, 2.45) is 5.92 Å². The van der Waals surface area contributed by atoms with Crippen molar-refractivity contribution in [2.75, 3.05) is 6.54 Å². The molecule has 3 fully saturated rings. The maximum absolute atomic E-state index is 14.7. The van der Waals surface area contributed by atoms with Crippen LogP contribution in [0.2, 0.25) is 0 Å². The maximum Gasteiger partial charge on any atom is 0.438 e. The molecule has 4 heterocycles. The van der Waals surface area contributed by atoms with Crippen LogP contribution in [-0.2, 0) is 30.6 Å². The first-order valence-corrected chi connectivity index (χ1v) is 19.4. The highest BCUT2D eigenvalue weighted by molar-refractivity contribution is 7.91. The average Bonchev–Trinajstić information content (AvgIpc) is 4.01. The van der Waals surface area contributed by atoms with E-state index in [9.17, 15) is 45.2 Å². The van der Waals surface area contributed by atoms with Crippen molar-refractivity contribution in [2.45, 2.75) is 99.9 Å².